The van der Waals surface area contributed by atoms with E-state index in [1.54, 1.807) is 7.05 Å². The van der Waals surface area contributed by atoms with Crippen LogP contribution >= 0.6 is 0 Å². The summed E-state index contributed by atoms with van der Waals surface area (Å²) in [4.78, 5) is 12.0. The fraction of sp³-hybridized carbons (Fsp3) is 0.118. The van der Waals surface area contributed by atoms with Crippen LogP contribution in [-0.2, 0) is 6.54 Å². The van der Waals surface area contributed by atoms with Crippen molar-refractivity contribution in [2.45, 2.75) is 6.54 Å². The quantitative estimate of drug-likeness (QED) is 0.775. The Bertz CT molecular complexity index is 744. The normalized spacial score (nSPS) is 10.7. The highest BCUT2D eigenvalue weighted by Gasteiger charge is 2.13. The van der Waals surface area contributed by atoms with Gasteiger partial charge in [-0.25, -0.2) is 0 Å². The van der Waals surface area contributed by atoms with Crippen molar-refractivity contribution < 1.29 is 4.79 Å². The van der Waals surface area contributed by atoms with Crippen molar-refractivity contribution in [3.05, 3.63) is 71.9 Å². The van der Waals surface area contributed by atoms with Crippen molar-refractivity contribution in [2.24, 2.45) is 0 Å². The van der Waals surface area contributed by atoms with Gasteiger partial charge >= 0.3 is 0 Å². The average Bonchev–Trinajstić information content (AvgIpc) is 2.87. The minimum atomic E-state index is -0.0481. The topological polar surface area (TPSA) is 34.0 Å². The van der Waals surface area contributed by atoms with E-state index in [1.165, 1.54) is 5.56 Å². The van der Waals surface area contributed by atoms with Gasteiger partial charge in [-0.1, -0.05) is 48.5 Å². The Balaban J connectivity index is 2.09. The van der Waals surface area contributed by atoms with E-state index >= 15 is 0 Å². The van der Waals surface area contributed by atoms with Gasteiger partial charge in [-0.05, 0) is 11.6 Å². The van der Waals surface area contributed by atoms with Gasteiger partial charge in [0.25, 0.3) is 5.91 Å². The van der Waals surface area contributed by atoms with Crippen LogP contribution in [0.4, 0.5) is 0 Å². The van der Waals surface area contributed by atoms with Crippen molar-refractivity contribution in [1.29, 1.82) is 0 Å². The first kappa shape index (κ1) is 12.5. The number of hydrogen-bond donors (Lipinski definition) is 1. The lowest BCUT2D eigenvalue weighted by Crippen LogP contribution is -2.17. The number of rotatable bonds is 3. The Morgan fingerprint density at radius 2 is 1.75 bits per heavy atom. The zero-order valence-electron chi connectivity index (χ0n) is 11.3. The number of aromatic nitrogens is 1. The molecule has 3 rings (SSSR count). The molecule has 0 radical (unpaired) electrons. The Labute approximate surface area is 117 Å². The van der Waals surface area contributed by atoms with Crippen LogP contribution in [0, 0.1) is 0 Å². The highest BCUT2D eigenvalue weighted by Crippen LogP contribution is 2.22. The van der Waals surface area contributed by atoms with E-state index in [-0.39, 0.29) is 5.91 Å². The SMILES string of the molecule is CNC(=O)c1cn(Cc2ccccc2)c2ccccc12. The van der Waals surface area contributed by atoms with Crippen molar-refractivity contribution in [2.75, 3.05) is 7.05 Å². The maximum Gasteiger partial charge on any atom is 0.253 e. The summed E-state index contributed by atoms with van der Waals surface area (Å²) in [5, 5.41) is 3.69. The molecule has 3 nitrogen and oxygen atoms in total. The van der Waals surface area contributed by atoms with Crippen molar-refractivity contribution in [3.63, 3.8) is 0 Å². The third kappa shape index (κ3) is 2.18. The molecule has 0 bridgehead atoms. The molecule has 3 aromatic rings. The van der Waals surface area contributed by atoms with Gasteiger partial charge in [0.15, 0.2) is 0 Å². The molecule has 0 saturated heterocycles. The number of nitrogens with zero attached hydrogens (tertiary/aromatic N) is 1. The first-order valence-corrected chi connectivity index (χ1v) is 6.63. The van der Waals surface area contributed by atoms with Gasteiger partial charge in [0.2, 0.25) is 0 Å². The molecule has 0 aliphatic rings. The molecule has 100 valence electrons. The van der Waals surface area contributed by atoms with Gasteiger partial charge in [0, 0.05) is 30.7 Å². The van der Waals surface area contributed by atoms with E-state index in [2.05, 4.69) is 22.0 Å². The lowest BCUT2D eigenvalue weighted by molar-refractivity contribution is 0.0964. The summed E-state index contributed by atoms with van der Waals surface area (Å²) in [6, 6.07) is 18.2. The molecule has 0 atom stereocenters. The molecule has 0 unspecified atom stereocenters. The minimum Gasteiger partial charge on any atom is -0.355 e. The number of carbonyl (C=O) groups is 1. The predicted molar refractivity (Wildman–Crippen MR) is 80.9 cm³/mol. The van der Waals surface area contributed by atoms with Gasteiger partial charge in [0.1, 0.15) is 0 Å². The van der Waals surface area contributed by atoms with Crippen molar-refractivity contribution in [1.82, 2.24) is 9.88 Å². The molecule has 0 aliphatic heterocycles. The Morgan fingerprint density at radius 3 is 2.50 bits per heavy atom. The molecule has 1 aromatic heterocycles. The maximum atomic E-state index is 12.0. The molecule has 0 fully saturated rings. The number of nitrogens with one attached hydrogen (secondary N) is 1. The summed E-state index contributed by atoms with van der Waals surface area (Å²) in [5.74, 6) is -0.0481. The number of hydrogen-bond acceptors (Lipinski definition) is 1. The highest BCUT2D eigenvalue weighted by atomic mass is 16.1. The second-order valence-electron chi connectivity index (χ2n) is 4.75. The monoisotopic (exact) mass is 264 g/mol. The third-order valence-corrected chi connectivity index (χ3v) is 3.46. The molecule has 2 aromatic carbocycles. The second kappa shape index (κ2) is 5.21. The average molecular weight is 264 g/mol. The van der Waals surface area contributed by atoms with Crippen molar-refractivity contribution in [3.8, 4) is 0 Å². The Hall–Kier alpha value is -2.55. The zero-order chi connectivity index (χ0) is 13.9. The molecule has 0 spiro atoms. The fourth-order valence-corrected chi connectivity index (χ4v) is 2.47. The molecule has 0 saturated carbocycles. The summed E-state index contributed by atoms with van der Waals surface area (Å²) in [6.45, 7) is 0.762. The van der Waals surface area contributed by atoms with Crippen LogP contribution in [-0.4, -0.2) is 17.5 Å². The summed E-state index contributed by atoms with van der Waals surface area (Å²) in [5.41, 5.74) is 3.02. The predicted octanol–water partition coefficient (Wildman–Crippen LogP) is 3.05. The van der Waals surface area contributed by atoms with E-state index in [0.717, 1.165) is 23.0 Å². The smallest absolute Gasteiger partial charge is 0.253 e. The first-order valence-electron chi connectivity index (χ1n) is 6.63. The Morgan fingerprint density at radius 1 is 1.05 bits per heavy atom. The standard InChI is InChI=1S/C17H16N2O/c1-18-17(20)15-12-19(11-13-7-3-2-4-8-13)16-10-6-5-9-14(15)16/h2-10,12H,11H2,1H3,(H,18,20). The van der Waals surface area contributed by atoms with Crippen LogP contribution in [0.3, 0.4) is 0 Å². The minimum absolute atomic E-state index is 0.0481. The van der Waals surface area contributed by atoms with E-state index < -0.39 is 0 Å². The van der Waals surface area contributed by atoms with Gasteiger partial charge in [-0.2, -0.15) is 0 Å². The molecule has 1 amide bonds. The molecule has 0 aliphatic carbocycles. The lowest BCUT2D eigenvalue weighted by Gasteiger charge is -2.05. The fourth-order valence-electron chi connectivity index (χ4n) is 2.47. The zero-order valence-corrected chi connectivity index (χ0v) is 11.3. The van der Waals surface area contributed by atoms with Crippen LogP contribution < -0.4 is 5.32 Å². The van der Waals surface area contributed by atoms with Gasteiger partial charge < -0.3 is 9.88 Å². The van der Waals surface area contributed by atoms with Crippen LogP contribution in [0.25, 0.3) is 10.9 Å². The first-order chi connectivity index (χ1) is 9.79. The molecule has 1 heterocycles. The van der Waals surface area contributed by atoms with Gasteiger partial charge in [-0.3, -0.25) is 4.79 Å². The number of fused-ring (bicyclic) bond motifs is 1. The van der Waals surface area contributed by atoms with E-state index in [9.17, 15) is 4.79 Å². The Kier molecular flexibility index (Phi) is 3.25. The largest absolute Gasteiger partial charge is 0.355 e. The number of carbonyl (C=O) groups excluding carboxylic acids is 1. The third-order valence-electron chi connectivity index (χ3n) is 3.46. The molecular weight excluding hydrogens is 248 g/mol. The van der Waals surface area contributed by atoms with Crippen molar-refractivity contribution >= 4 is 16.8 Å². The number of amides is 1. The second-order valence-corrected chi connectivity index (χ2v) is 4.75. The lowest BCUT2D eigenvalue weighted by atomic mass is 10.1. The molecular formula is C17H16N2O. The number of benzene rings is 2. The van der Waals surface area contributed by atoms with E-state index in [0.29, 0.717) is 0 Å². The summed E-state index contributed by atoms with van der Waals surface area (Å²) in [6.07, 6.45) is 1.93. The molecule has 3 heteroatoms. The van der Waals surface area contributed by atoms with Crippen LogP contribution in [0.2, 0.25) is 0 Å². The van der Waals surface area contributed by atoms with E-state index in [4.69, 9.17) is 0 Å². The summed E-state index contributed by atoms with van der Waals surface area (Å²) >= 11 is 0. The summed E-state index contributed by atoms with van der Waals surface area (Å²) in [7, 11) is 1.66. The van der Waals surface area contributed by atoms with Crippen LogP contribution in [0.15, 0.2) is 60.8 Å². The summed E-state index contributed by atoms with van der Waals surface area (Å²) < 4.78 is 2.12. The van der Waals surface area contributed by atoms with E-state index in [1.807, 2.05) is 48.7 Å². The van der Waals surface area contributed by atoms with Crippen LogP contribution in [0.1, 0.15) is 15.9 Å². The van der Waals surface area contributed by atoms with Crippen LogP contribution in [0.5, 0.6) is 0 Å². The maximum absolute atomic E-state index is 12.0. The van der Waals surface area contributed by atoms with Gasteiger partial charge in [0.05, 0.1) is 5.56 Å². The number of para-hydroxylation sites is 1. The highest BCUT2D eigenvalue weighted by molar-refractivity contribution is 6.06. The molecule has 20 heavy (non-hydrogen) atoms. The molecule has 1 N–H and O–H groups in total. The van der Waals surface area contributed by atoms with Gasteiger partial charge in [-0.15, -0.1) is 0 Å².